The van der Waals surface area contributed by atoms with E-state index in [4.69, 9.17) is 0 Å². The Kier molecular flexibility index (Phi) is 7.37. The number of nitrogens with zero attached hydrogens (tertiary/aromatic N) is 2. The zero-order chi connectivity index (χ0) is 24.3. The van der Waals surface area contributed by atoms with Crippen LogP contribution in [0.5, 0.6) is 0 Å². The molecule has 1 aliphatic heterocycles. The number of carbonyl (C=O) groups is 2. The van der Waals surface area contributed by atoms with Gasteiger partial charge in [0.25, 0.3) is 10.0 Å². The molecule has 0 spiro atoms. The van der Waals surface area contributed by atoms with Crippen molar-refractivity contribution in [3.8, 4) is 0 Å². The van der Waals surface area contributed by atoms with E-state index in [1.54, 1.807) is 12.1 Å². The molecule has 4 rings (SSSR count). The smallest absolute Gasteiger partial charge is 0.284 e. The van der Waals surface area contributed by atoms with Gasteiger partial charge in [0, 0.05) is 18.2 Å². The average molecular weight is 504 g/mol. The number of sulfonamides is 1. The molecule has 2 amide bonds. The summed E-state index contributed by atoms with van der Waals surface area (Å²) in [7, 11) is -4.15. The van der Waals surface area contributed by atoms with Crippen molar-refractivity contribution in [3.05, 3.63) is 59.9 Å². The Morgan fingerprint density at radius 2 is 1.74 bits per heavy atom. The maximum atomic E-state index is 13.3. The molecule has 1 N–H and O–H groups in total. The molecule has 1 saturated carbocycles. The second-order valence-corrected chi connectivity index (χ2v) is 11.3. The molecule has 2 aromatic rings. The number of amidine groups is 1. The molecule has 0 radical (unpaired) electrons. The number of halogens is 1. The van der Waals surface area contributed by atoms with Crippen LogP contribution < -0.4 is 5.32 Å². The highest BCUT2D eigenvalue weighted by Gasteiger charge is 2.43. The first-order valence-electron chi connectivity index (χ1n) is 11.2. The molecule has 180 valence electrons. The molecule has 10 heteroatoms. The third kappa shape index (κ3) is 5.67. The van der Waals surface area contributed by atoms with Gasteiger partial charge in [-0.2, -0.15) is 8.42 Å². The maximum absolute atomic E-state index is 13.3. The van der Waals surface area contributed by atoms with Crippen molar-refractivity contribution in [2.24, 2.45) is 4.40 Å². The third-order valence-corrected chi connectivity index (χ3v) is 8.47. The summed E-state index contributed by atoms with van der Waals surface area (Å²) in [4.78, 5) is 27.3. The number of rotatable bonds is 6. The van der Waals surface area contributed by atoms with Crippen LogP contribution in [0.1, 0.15) is 44.1 Å². The van der Waals surface area contributed by atoms with Crippen LogP contribution in [0.4, 0.5) is 10.1 Å². The monoisotopic (exact) mass is 503 g/mol. The Morgan fingerprint density at radius 3 is 2.38 bits per heavy atom. The molecule has 0 bridgehead atoms. The molecule has 1 heterocycles. The lowest BCUT2D eigenvalue weighted by Crippen LogP contribution is -2.42. The summed E-state index contributed by atoms with van der Waals surface area (Å²) in [6.07, 6.45) is 4.35. The summed E-state index contributed by atoms with van der Waals surface area (Å²) in [5.41, 5.74) is 1.69. The number of carbonyl (C=O) groups excluding carboxylic acids is 2. The standard InChI is InChI=1S/C24H26FN3O4S2/c1-16-7-11-18(12-8-16)26-22(29)15-21-23(30)28(19-5-3-2-4-6-19)24(33-21)27-34(31,32)20-13-9-17(25)10-14-20/h7-14,19,21H,2-6,15H2,1H3,(H,26,29). The van der Waals surface area contributed by atoms with Crippen molar-refractivity contribution in [2.45, 2.75) is 61.6 Å². The lowest BCUT2D eigenvalue weighted by molar-refractivity contribution is -0.130. The largest absolute Gasteiger partial charge is 0.326 e. The normalized spacial score (nSPS) is 20.6. The fraction of sp³-hybridized carbons (Fsp3) is 0.375. The van der Waals surface area contributed by atoms with E-state index in [9.17, 15) is 22.4 Å². The SMILES string of the molecule is Cc1ccc(NC(=O)CC2SC(=NS(=O)(=O)c3ccc(F)cc3)N(C3CCCCC3)C2=O)cc1. The van der Waals surface area contributed by atoms with Crippen LogP contribution in [0.3, 0.4) is 0 Å². The predicted molar refractivity (Wildman–Crippen MR) is 131 cm³/mol. The van der Waals surface area contributed by atoms with Gasteiger partial charge in [-0.1, -0.05) is 48.7 Å². The lowest BCUT2D eigenvalue weighted by atomic mass is 9.94. The van der Waals surface area contributed by atoms with Gasteiger partial charge >= 0.3 is 0 Å². The molecule has 1 unspecified atom stereocenters. The number of amides is 2. The number of hydrogen-bond acceptors (Lipinski definition) is 5. The first-order valence-corrected chi connectivity index (χ1v) is 13.5. The Balaban J connectivity index is 1.57. The van der Waals surface area contributed by atoms with E-state index in [-0.39, 0.29) is 34.3 Å². The molecular formula is C24H26FN3O4S2. The Morgan fingerprint density at radius 1 is 1.09 bits per heavy atom. The van der Waals surface area contributed by atoms with E-state index in [0.29, 0.717) is 5.69 Å². The predicted octanol–water partition coefficient (Wildman–Crippen LogP) is 4.48. The minimum Gasteiger partial charge on any atom is -0.326 e. The van der Waals surface area contributed by atoms with E-state index >= 15 is 0 Å². The topological polar surface area (TPSA) is 95.9 Å². The van der Waals surface area contributed by atoms with Crippen LogP contribution >= 0.6 is 11.8 Å². The summed E-state index contributed by atoms with van der Waals surface area (Å²) >= 11 is 0.999. The van der Waals surface area contributed by atoms with E-state index in [1.807, 2.05) is 19.1 Å². The summed E-state index contributed by atoms with van der Waals surface area (Å²) in [6.45, 7) is 1.94. The molecule has 2 fully saturated rings. The van der Waals surface area contributed by atoms with Crippen molar-refractivity contribution in [1.29, 1.82) is 0 Å². The molecule has 0 aromatic heterocycles. The number of anilines is 1. The van der Waals surface area contributed by atoms with Crippen LogP contribution in [0, 0.1) is 12.7 Å². The van der Waals surface area contributed by atoms with E-state index in [0.717, 1.165) is 73.7 Å². The van der Waals surface area contributed by atoms with Crippen LogP contribution in [0.15, 0.2) is 57.8 Å². The third-order valence-electron chi connectivity index (χ3n) is 5.92. The highest BCUT2D eigenvalue weighted by atomic mass is 32.2. The second kappa shape index (κ2) is 10.3. The molecule has 7 nitrogen and oxygen atoms in total. The van der Waals surface area contributed by atoms with Gasteiger partial charge < -0.3 is 5.32 Å². The van der Waals surface area contributed by atoms with Gasteiger partial charge in [0.2, 0.25) is 11.8 Å². The molecule has 1 atom stereocenters. The van der Waals surface area contributed by atoms with Gasteiger partial charge in [-0.3, -0.25) is 14.5 Å². The van der Waals surface area contributed by atoms with Crippen molar-refractivity contribution in [2.75, 3.05) is 5.32 Å². The van der Waals surface area contributed by atoms with Gasteiger partial charge in [-0.25, -0.2) is 4.39 Å². The van der Waals surface area contributed by atoms with Crippen molar-refractivity contribution < 1.29 is 22.4 Å². The van der Waals surface area contributed by atoms with Gasteiger partial charge in [-0.15, -0.1) is 4.40 Å². The minimum absolute atomic E-state index is 0.0781. The fourth-order valence-electron chi connectivity index (χ4n) is 4.13. The van der Waals surface area contributed by atoms with Crippen molar-refractivity contribution in [3.63, 3.8) is 0 Å². The number of benzene rings is 2. The summed E-state index contributed by atoms with van der Waals surface area (Å²) in [5.74, 6) is -1.19. The molecular weight excluding hydrogens is 477 g/mol. The van der Waals surface area contributed by atoms with Crippen LogP contribution in [0.25, 0.3) is 0 Å². The van der Waals surface area contributed by atoms with Gasteiger partial charge in [0.1, 0.15) is 11.1 Å². The van der Waals surface area contributed by atoms with Crippen LogP contribution in [0.2, 0.25) is 0 Å². The highest BCUT2D eigenvalue weighted by Crippen LogP contribution is 2.36. The van der Waals surface area contributed by atoms with E-state index in [2.05, 4.69) is 9.71 Å². The minimum atomic E-state index is -4.15. The number of nitrogens with one attached hydrogen (secondary N) is 1. The molecule has 1 aliphatic carbocycles. The molecule has 2 aliphatic rings. The first-order chi connectivity index (χ1) is 16.2. The number of hydrogen-bond donors (Lipinski definition) is 1. The van der Waals surface area contributed by atoms with Crippen LogP contribution in [-0.4, -0.2) is 41.6 Å². The van der Waals surface area contributed by atoms with Crippen LogP contribution in [-0.2, 0) is 19.6 Å². The molecule has 34 heavy (non-hydrogen) atoms. The molecule has 1 saturated heterocycles. The van der Waals surface area contributed by atoms with Gasteiger partial charge in [0.05, 0.1) is 4.90 Å². The summed E-state index contributed by atoms with van der Waals surface area (Å²) in [6, 6.07) is 11.6. The summed E-state index contributed by atoms with van der Waals surface area (Å²) < 4.78 is 43.0. The number of thioether (sulfide) groups is 1. The van der Waals surface area contributed by atoms with Crippen molar-refractivity contribution >= 4 is 44.5 Å². The zero-order valence-corrected chi connectivity index (χ0v) is 20.4. The Labute approximate surface area is 202 Å². The quantitative estimate of drug-likeness (QED) is 0.627. The van der Waals surface area contributed by atoms with Gasteiger partial charge in [-0.05, 0) is 56.2 Å². The van der Waals surface area contributed by atoms with E-state index in [1.165, 1.54) is 4.90 Å². The lowest BCUT2D eigenvalue weighted by Gasteiger charge is -2.30. The van der Waals surface area contributed by atoms with Crippen molar-refractivity contribution in [1.82, 2.24) is 4.90 Å². The second-order valence-electron chi connectivity index (χ2n) is 8.53. The Hall–Kier alpha value is -2.72. The Bertz CT molecular complexity index is 1190. The zero-order valence-electron chi connectivity index (χ0n) is 18.7. The average Bonchev–Trinajstić information content (AvgIpc) is 3.10. The maximum Gasteiger partial charge on any atom is 0.284 e. The first kappa shape index (κ1) is 24.4. The van der Waals surface area contributed by atoms with Gasteiger partial charge in [0.15, 0.2) is 5.17 Å². The molecule has 2 aromatic carbocycles. The van der Waals surface area contributed by atoms with E-state index < -0.39 is 21.1 Å². The fourth-order valence-corrected chi connectivity index (χ4v) is 6.53. The number of aryl methyl sites for hydroxylation is 1. The highest BCUT2D eigenvalue weighted by molar-refractivity contribution is 8.16. The summed E-state index contributed by atoms with van der Waals surface area (Å²) in [5, 5.41) is 2.10.